The van der Waals surface area contributed by atoms with E-state index in [4.69, 9.17) is 0 Å². The second-order valence-electron chi connectivity index (χ2n) is 4.66. The Balaban J connectivity index is 1.83. The van der Waals surface area contributed by atoms with E-state index >= 15 is 0 Å². The first-order valence-corrected chi connectivity index (χ1v) is 6.46. The Labute approximate surface area is 103 Å². The minimum Gasteiger partial charge on any atom is -0.335 e. The zero-order valence-corrected chi connectivity index (χ0v) is 10.5. The van der Waals surface area contributed by atoms with Crippen molar-refractivity contribution in [2.75, 3.05) is 6.54 Å². The molecule has 2 atom stereocenters. The van der Waals surface area contributed by atoms with Crippen molar-refractivity contribution in [3.05, 3.63) is 28.5 Å². The van der Waals surface area contributed by atoms with E-state index in [1.807, 2.05) is 4.90 Å². The molecule has 4 heteroatoms. The second-order valence-corrected chi connectivity index (χ2v) is 5.47. The molecule has 0 aromatic carbocycles. The van der Waals surface area contributed by atoms with E-state index in [9.17, 15) is 4.79 Å². The number of likely N-dealkylation sites (tertiary alicyclic amines) is 1. The molecule has 0 radical (unpaired) electrons. The SMILES string of the molecule is O=C(c1ccnc(Br)c1)N1CC2CCC1C2. The summed E-state index contributed by atoms with van der Waals surface area (Å²) in [6.45, 7) is 0.948. The lowest BCUT2D eigenvalue weighted by Gasteiger charge is -2.27. The largest absolute Gasteiger partial charge is 0.335 e. The first-order valence-electron chi connectivity index (χ1n) is 5.66. The minimum absolute atomic E-state index is 0.162. The first-order chi connectivity index (χ1) is 7.74. The van der Waals surface area contributed by atoms with Gasteiger partial charge >= 0.3 is 0 Å². The Kier molecular flexibility index (Phi) is 2.46. The summed E-state index contributed by atoms with van der Waals surface area (Å²) < 4.78 is 0.725. The zero-order valence-electron chi connectivity index (χ0n) is 8.90. The maximum Gasteiger partial charge on any atom is 0.254 e. The molecule has 2 fully saturated rings. The molecule has 1 saturated carbocycles. The molecule has 2 unspecified atom stereocenters. The molecule has 0 N–H and O–H groups in total. The topological polar surface area (TPSA) is 33.2 Å². The Morgan fingerprint density at radius 3 is 3.00 bits per heavy atom. The summed E-state index contributed by atoms with van der Waals surface area (Å²) in [4.78, 5) is 18.3. The van der Waals surface area contributed by atoms with Crippen LogP contribution in [0.3, 0.4) is 0 Å². The summed E-state index contributed by atoms with van der Waals surface area (Å²) >= 11 is 3.30. The van der Waals surface area contributed by atoms with Crippen LogP contribution < -0.4 is 0 Å². The lowest BCUT2D eigenvalue weighted by Crippen LogP contribution is -2.37. The predicted octanol–water partition coefficient (Wildman–Crippen LogP) is 2.47. The molecular formula is C12H13BrN2O. The van der Waals surface area contributed by atoms with E-state index in [0.717, 1.165) is 22.6 Å². The van der Waals surface area contributed by atoms with Gasteiger partial charge in [-0.15, -0.1) is 0 Å². The molecule has 1 aromatic rings. The van der Waals surface area contributed by atoms with Gasteiger partial charge in [0, 0.05) is 24.3 Å². The highest BCUT2D eigenvalue weighted by Gasteiger charge is 2.40. The van der Waals surface area contributed by atoms with Crippen molar-refractivity contribution in [2.45, 2.75) is 25.3 Å². The van der Waals surface area contributed by atoms with Crippen molar-refractivity contribution in [2.24, 2.45) is 5.92 Å². The quantitative estimate of drug-likeness (QED) is 0.741. The molecule has 2 aliphatic rings. The van der Waals surface area contributed by atoms with Gasteiger partial charge in [0.1, 0.15) is 4.60 Å². The van der Waals surface area contributed by atoms with Crippen molar-refractivity contribution in [3.63, 3.8) is 0 Å². The first kappa shape index (κ1) is 10.3. The van der Waals surface area contributed by atoms with Gasteiger partial charge in [0.05, 0.1) is 0 Å². The fourth-order valence-corrected chi connectivity index (χ4v) is 3.24. The minimum atomic E-state index is 0.162. The van der Waals surface area contributed by atoms with Crippen LogP contribution in [0.1, 0.15) is 29.6 Å². The number of hydrogen-bond donors (Lipinski definition) is 0. The molecule has 1 aliphatic heterocycles. The van der Waals surface area contributed by atoms with Crippen molar-refractivity contribution in [1.29, 1.82) is 0 Å². The number of fused-ring (bicyclic) bond motifs is 2. The number of halogens is 1. The van der Waals surface area contributed by atoms with Crippen molar-refractivity contribution in [1.82, 2.24) is 9.88 Å². The molecule has 0 spiro atoms. The summed E-state index contributed by atoms with van der Waals surface area (Å²) in [7, 11) is 0. The van der Waals surface area contributed by atoms with Gasteiger partial charge in [-0.05, 0) is 53.2 Å². The van der Waals surface area contributed by atoms with E-state index < -0.39 is 0 Å². The monoisotopic (exact) mass is 280 g/mol. The number of carbonyl (C=O) groups excluding carboxylic acids is 1. The van der Waals surface area contributed by atoms with E-state index in [1.165, 1.54) is 19.3 Å². The van der Waals surface area contributed by atoms with Crippen LogP contribution in [0.2, 0.25) is 0 Å². The third-order valence-corrected chi connectivity index (χ3v) is 4.08. The Bertz CT molecular complexity index is 435. The number of nitrogens with zero attached hydrogens (tertiary/aromatic N) is 2. The van der Waals surface area contributed by atoms with Crippen LogP contribution in [0.25, 0.3) is 0 Å². The van der Waals surface area contributed by atoms with Gasteiger partial charge < -0.3 is 4.90 Å². The number of amides is 1. The molecule has 2 heterocycles. The third kappa shape index (κ3) is 1.65. The normalized spacial score (nSPS) is 27.4. The maximum absolute atomic E-state index is 12.3. The lowest BCUT2D eigenvalue weighted by atomic mass is 10.1. The summed E-state index contributed by atoms with van der Waals surface area (Å²) in [5, 5.41) is 0. The standard InChI is InChI=1S/C12H13BrN2O/c13-11-6-9(3-4-14-11)12(16)15-7-8-1-2-10(15)5-8/h3-4,6,8,10H,1-2,5,7H2. The van der Waals surface area contributed by atoms with Gasteiger partial charge in [-0.25, -0.2) is 4.98 Å². The molecular weight excluding hydrogens is 268 g/mol. The fourth-order valence-electron chi connectivity index (χ4n) is 2.87. The van der Waals surface area contributed by atoms with Crippen molar-refractivity contribution < 1.29 is 4.79 Å². The van der Waals surface area contributed by atoms with E-state index in [-0.39, 0.29) is 5.91 Å². The van der Waals surface area contributed by atoms with Crippen LogP contribution >= 0.6 is 15.9 Å². The van der Waals surface area contributed by atoms with Crippen LogP contribution in [0.5, 0.6) is 0 Å². The van der Waals surface area contributed by atoms with Gasteiger partial charge in [0.2, 0.25) is 0 Å². The predicted molar refractivity (Wildman–Crippen MR) is 64.1 cm³/mol. The molecule has 1 amide bonds. The third-order valence-electron chi connectivity index (χ3n) is 3.64. The Morgan fingerprint density at radius 1 is 1.50 bits per heavy atom. The Morgan fingerprint density at radius 2 is 2.38 bits per heavy atom. The molecule has 3 nitrogen and oxygen atoms in total. The summed E-state index contributed by atoms with van der Waals surface area (Å²) in [6, 6.07) is 4.08. The average molecular weight is 281 g/mol. The zero-order chi connectivity index (χ0) is 11.1. The molecule has 1 aliphatic carbocycles. The van der Waals surface area contributed by atoms with Crippen LogP contribution in [0.4, 0.5) is 0 Å². The van der Waals surface area contributed by atoms with E-state index in [1.54, 1.807) is 18.3 Å². The van der Waals surface area contributed by atoms with Gasteiger partial charge in [-0.3, -0.25) is 4.79 Å². The number of hydrogen-bond acceptors (Lipinski definition) is 2. The van der Waals surface area contributed by atoms with E-state index in [2.05, 4.69) is 20.9 Å². The average Bonchev–Trinajstić information content (AvgIpc) is 2.89. The van der Waals surface area contributed by atoms with Crippen LogP contribution in [-0.4, -0.2) is 28.4 Å². The maximum atomic E-state index is 12.3. The molecule has 2 bridgehead atoms. The number of aromatic nitrogens is 1. The van der Waals surface area contributed by atoms with Gasteiger partial charge in [-0.1, -0.05) is 0 Å². The molecule has 16 heavy (non-hydrogen) atoms. The molecule has 1 aromatic heterocycles. The number of piperidine rings is 1. The number of carbonyl (C=O) groups is 1. The smallest absolute Gasteiger partial charge is 0.254 e. The van der Waals surface area contributed by atoms with Crippen molar-refractivity contribution in [3.8, 4) is 0 Å². The molecule has 3 rings (SSSR count). The van der Waals surface area contributed by atoms with Gasteiger partial charge in [0.15, 0.2) is 0 Å². The van der Waals surface area contributed by atoms with Crippen molar-refractivity contribution >= 4 is 21.8 Å². The number of pyridine rings is 1. The van der Waals surface area contributed by atoms with Crippen LogP contribution in [-0.2, 0) is 0 Å². The summed E-state index contributed by atoms with van der Waals surface area (Å²) in [5.74, 6) is 0.912. The number of rotatable bonds is 1. The molecule has 1 saturated heterocycles. The molecule has 84 valence electrons. The highest BCUT2D eigenvalue weighted by atomic mass is 79.9. The highest BCUT2D eigenvalue weighted by molar-refractivity contribution is 9.10. The Hall–Kier alpha value is -0.900. The van der Waals surface area contributed by atoms with Gasteiger partial charge in [-0.2, -0.15) is 0 Å². The lowest BCUT2D eigenvalue weighted by molar-refractivity contribution is 0.0703. The highest BCUT2D eigenvalue weighted by Crippen LogP contribution is 2.38. The van der Waals surface area contributed by atoms with Gasteiger partial charge in [0.25, 0.3) is 5.91 Å². The van der Waals surface area contributed by atoms with Crippen LogP contribution in [0.15, 0.2) is 22.9 Å². The van der Waals surface area contributed by atoms with E-state index in [0.29, 0.717) is 6.04 Å². The fraction of sp³-hybridized carbons (Fsp3) is 0.500. The summed E-state index contributed by atoms with van der Waals surface area (Å²) in [6.07, 6.45) is 5.36. The van der Waals surface area contributed by atoms with Crippen LogP contribution in [0, 0.1) is 5.92 Å². The summed E-state index contributed by atoms with van der Waals surface area (Å²) in [5.41, 5.74) is 0.745. The second kappa shape index (κ2) is 3.84.